The van der Waals surface area contributed by atoms with Crippen LogP contribution in [0.15, 0.2) is 54.6 Å². The van der Waals surface area contributed by atoms with Crippen LogP contribution in [0.2, 0.25) is 0 Å². The van der Waals surface area contributed by atoms with Crippen molar-refractivity contribution in [2.24, 2.45) is 0 Å². The number of aryl methyl sites for hydroxylation is 1. The van der Waals surface area contributed by atoms with Gasteiger partial charge in [0.2, 0.25) is 0 Å². The molecule has 4 heteroatoms. The Morgan fingerprint density at radius 1 is 1.00 bits per heavy atom. The molecule has 4 nitrogen and oxygen atoms in total. The van der Waals surface area contributed by atoms with Gasteiger partial charge in [-0.15, -0.1) is 0 Å². The van der Waals surface area contributed by atoms with Crippen LogP contribution >= 0.6 is 0 Å². The lowest BCUT2D eigenvalue weighted by atomic mass is 10.2. The van der Waals surface area contributed by atoms with E-state index in [1.165, 1.54) is 0 Å². The van der Waals surface area contributed by atoms with E-state index in [2.05, 4.69) is 5.32 Å². The SMILES string of the molecule is Cc1ccc(NC(=O)OCCOCc2ccccc2)cc1. The summed E-state index contributed by atoms with van der Waals surface area (Å²) in [6.07, 6.45) is -0.470. The Morgan fingerprint density at radius 3 is 2.43 bits per heavy atom. The first kappa shape index (κ1) is 15.1. The van der Waals surface area contributed by atoms with E-state index >= 15 is 0 Å². The number of anilines is 1. The quantitative estimate of drug-likeness (QED) is 0.822. The van der Waals surface area contributed by atoms with Crippen LogP contribution in [0.4, 0.5) is 10.5 Å². The molecule has 110 valence electrons. The minimum atomic E-state index is -0.470. The van der Waals surface area contributed by atoms with E-state index in [4.69, 9.17) is 9.47 Å². The molecule has 0 aliphatic carbocycles. The molecule has 2 aromatic rings. The molecule has 0 aromatic heterocycles. The van der Waals surface area contributed by atoms with Crippen LogP contribution in [-0.4, -0.2) is 19.3 Å². The minimum absolute atomic E-state index is 0.227. The van der Waals surface area contributed by atoms with Crippen molar-refractivity contribution in [2.75, 3.05) is 18.5 Å². The highest BCUT2D eigenvalue weighted by Gasteiger charge is 2.02. The highest BCUT2D eigenvalue weighted by Crippen LogP contribution is 2.08. The molecule has 21 heavy (non-hydrogen) atoms. The van der Waals surface area contributed by atoms with Crippen molar-refractivity contribution in [2.45, 2.75) is 13.5 Å². The van der Waals surface area contributed by atoms with Gasteiger partial charge in [-0.2, -0.15) is 0 Å². The van der Waals surface area contributed by atoms with Crippen molar-refractivity contribution < 1.29 is 14.3 Å². The van der Waals surface area contributed by atoms with E-state index in [0.29, 0.717) is 13.2 Å². The average molecular weight is 285 g/mol. The number of amides is 1. The maximum atomic E-state index is 11.5. The fourth-order valence-corrected chi connectivity index (χ4v) is 1.75. The predicted octanol–water partition coefficient (Wildman–Crippen LogP) is 3.76. The monoisotopic (exact) mass is 285 g/mol. The summed E-state index contributed by atoms with van der Waals surface area (Å²) in [6, 6.07) is 17.4. The summed E-state index contributed by atoms with van der Waals surface area (Å²) in [7, 11) is 0. The van der Waals surface area contributed by atoms with Gasteiger partial charge in [-0.3, -0.25) is 5.32 Å². The molecule has 1 amide bonds. The van der Waals surface area contributed by atoms with Gasteiger partial charge >= 0.3 is 6.09 Å². The molecule has 0 bridgehead atoms. The minimum Gasteiger partial charge on any atom is -0.447 e. The molecule has 0 radical (unpaired) electrons. The molecule has 2 aromatic carbocycles. The number of nitrogens with one attached hydrogen (secondary N) is 1. The number of ether oxygens (including phenoxy) is 2. The summed E-state index contributed by atoms with van der Waals surface area (Å²) in [6.45, 7) is 3.11. The second kappa shape index (κ2) is 8.07. The lowest BCUT2D eigenvalue weighted by Crippen LogP contribution is -2.16. The summed E-state index contributed by atoms with van der Waals surface area (Å²) in [5.41, 5.74) is 2.96. The second-order valence-corrected chi connectivity index (χ2v) is 4.67. The zero-order valence-corrected chi connectivity index (χ0v) is 12.0. The van der Waals surface area contributed by atoms with Crippen molar-refractivity contribution in [3.63, 3.8) is 0 Å². The number of rotatable bonds is 6. The van der Waals surface area contributed by atoms with E-state index < -0.39 is 6.09 Å². The van der Waals surface area contributed by atoms with Crippen LogP contribution in [-0.2, 0) is 16.1 Å². The van der Waals surface area contributed by atoms with E-state index in [1.807, 2.05) is 61.5 Å². The van der Waals surface area contributed by atoms with Gasteiger partial charge in [0.1, 0.15) is 6.61 Å². The lowest BCUT2D eigenvalue weighted by molar-refractivity contribution is 0.0696. The van der Waals surface area contributed by atoms with Crippen molar-refractivity contribution in [1.82, 2.24) is 0 Å². The zero-order valence-electron chi connectivity index (χ0n) is 12.0. The third-order valence-corrected chi connectivity index (χ3v) is 2.87. The summed E-state index contributed by atoms with van der Waals surface area (Å²) >= 11 is 0. The second-order valence-electron chi connectivity index (χ2n) is 4.67. The molecule has 0 saturated heterocycles. The van der Waals surface area contributed by atoms with Crippen LogP contribution in [0.25, 0.3) is 0 Å². The highest BCUT2D eigenvalue weighted by molar-refractivity contribution is 5.84. The first-order chi connectivity index (χ1) is 10.2. The van der Waals surface area contributed by atoms with Gasteiger partial charge in [0.15, 0.2) is 0 Å². The molecular formula is C17H19NO3. The normalized spacial score (nSPS) is 10.1. The van der Waals surface area contributed by atoms with Gasteiger partial charge < -0.3 is 9.47 Å². The predicted molar refractivity (Wildman–Crippen MR) is 82.2 cm³/mol. The number of hydrogen-bond acceptors (Lipinski definition) is 3. The maximum absolute atomic E-state index is 11.5. The van der Waals surface area contributed by atoms with Crippen LogP contribution < -0.4 is 5.32 Å². The molecule has 0 unspecified atom stereocenters. The van der Waals surface area contributed by atoms with Gasteiger partial charge in [-0.1, -0.05) is 48.0 Å². The van der Waals surface area contributed by atoms with Gasteiger partial charge in [-0.05, 0) is 24.6 Å². The molecule has 2 rings (SSSR count). The molecule has 0 spiro atoms. The van der Waals surface area contributed by atoms with Crippen LogP contribution in [0.1, 0.15) is 11.1 Å². The molecule has 0 aliphatic heterocycles. The standard InChI is InChI=1S/C17H19NO3/c1-14-7-9-16(10-8-14)18-17(19)21-12-11-20-13-15-5-3-2-4-6-15/h2-10H,11-13H2,1H3,(H,18,19). The molecule has 0 heterocycles. The summed E-state index contributed by atoms with van der Waals surface area (Å²) in [4.78, 5) is 11.5. The van der Waals surface area contributed by atoms with E-state index in [0.717, 1.165) is 16.8 Å². The van der Waals surface area contributed by atoms with Crippen molar-refractivity contribution in [1.29, 1.82) is 0 Å². The molecular weight excluding hydrogens is 266 g/mol. The first-order valence-corrected chi connectivity index (χ1v) is 6.86. The highest BCUT2D eigenvalue weighted by atomic mass is 16.6. The van der Waals surface area contributed by atoms with Gasteiger partial charge in [0.25, 0.3) is 0 Å². The summed E-state index contributed by atoms with van der Waals surface area (Å²) in [5, 5.41) is 2.66. The fraction of sp³-hybridized carbons (Fsp3) is 0.235. The Balaban J connectivity index is 1.60. The van der Waals surface area contributed by atoms with Crippen molar-refractivity contribution in [3.05, 3.63) is 65.7 Å². The van der Waals surface area contributed by atoms with E-state index in [9.17, 15) is 4.79 Å². The third kappa shape index (κ3) is 5.67. The molecule has 0 atom stereocenters. The van der Waals surface area contributed by atoms with Gasteiger partial charge in [-0.25, -0.2) is 4.79 Å². The lowest BCUT2D eigenvalue weighted by Gasteiger charge is -2.08. The Bertz CT molecular complexity index is 552. The number of hydrogen-bond donors (Lipinski definition) is 1. The maximum Gasteiger partial charge on any atom is 0.411 e. The van der Waals surface area contributed by atoms with E-state index in [1.54, 1.807) is 0 Å². The summed E-state index contributed by atoms with van der Waals surface area (Å²) < 4.78 is 10.5. The summed E-state index contributed by atoms with van der Waals surface area (Å²) in [5.74, 6) is 0. The van der Waals surface area contributed by atoms with Crippen molar-refractivity contribution >= 4 is 11.8 Å². The smallest absolute Gasteiger partial charge is 0.411 e. The molecule has 0 saturated carbocycles. The number of benzene rings is 2. The topological polar surface area (TPSA) is 47.6 Å². The average Bonchev–Trinajstić information content (AvgIpc) is 2.50. The zero-order chi connectivity index (χ0) is 14.9. The number of carbonyl (C=O) groups excluding carboxylic acids is 1. The van der Waals surface area contributed by atoms with Gasteiger partial charge in [0, 0.05) is 5.69 Å². The fourth-order valence-electron chi connectivity index (χ4n) is 1.75. The molecule has 0 aliphatic rings. The number of carbonyl (C=O) groups is 1. The van der Waals surface area contributed by atoms with Crippen LogP contribution in [0, 0.1) is 6.92 Å². The Labute approximate surface area is 124 Å². The van der Waals surface area contributed by atoms with Crippen LogP contribution in [0.5, 0.6) is 0 Å². The molecule has 0 fully saturated rings. The Hall–Kier alpha value is -2.33. The van der Waals surface area contributed by atoms with E-state index in [-0.39, 0.29) is 6.61 Å². The molecule has 1 N–H and O–H groups in total. The third-order valence-electron chi connectivity index (χ3n) is 2.87. The Kier molecular flexibility index (Phi) is 5.79. The first-order valence-electron chi connectivity index (χ1n) is 6.86. The Morgan fingerprint density at radius 2 is 1.71 bits per heavy atom. The van der Waals surface area contributed by atoms with Crippen LogP contribution in [0.3, 0.4) is 0 Å². The van der Waals surface area contributed by atoms with Crippen molar-refractivity contribution in [3.8, 4) is 0 Å². The largest absolute Gasteiger partial charge is 0.447 e. The van der Waals surface area contributed by atoms with Gasteiger partial charge in [0.05, 0.1) is 13.2 Å².